The van der Waals surface area contributed by atoms with Gasteiger partial charge in [0.25, 0.3) is 0 Å². The lowest BCUT2D eigenvalue weighted by Gasteiger charge is -2.17. The van der Waals surface area contributed by atoms with Gasteiger partial charge in [0.2, 0.25) is 0 Å². The molecular weight excluding hydrogens is 636 g/mol. The quantitative estimate of drug-likeness (QED) is 0.166. The minimum absolute atomic E-state index is 0.105. The predicted octanol–water partition coefficient (Wildman–Crippen LogP) is 8.97. The lowest BCUT2D eigenvalue weighted by Crippen LogP contribution is -2.19. The summed E-state index contributed by atoms with van der Waals surface area (Å²) in [5, 5.41) is 18.8. The fourth-order valence-corrected chi connectivity index (χ4v) is 5.89. The van der Waals surface area contributed by atoms with Crippen LogP contribution in [0.5, 0.6) is 0 Å². The van der Waals surface area contributed by atoms with Crippen LogP contribution < -0.4 is 5.73 Å². The highest BCUT2D eigenvalue weighted by Gasteiger charge is 2.22. The van der Waals surface area contributed by atoms with E-state index >= 15 is 0 Å². The Hall–Kier alpha value is -5.38. The van der Waals surface area contributed by atoms with E-state index in [9.17, 15) is 28.9 Å². The number of hydrogen-bond acceptors (Lipinski definition) is 7. The molecule has 2 atom stereocenters. The number of halogens is 2. The lowest BCUT2D eigenvalue weighted by molar-refractivity contribution is -0.144. The Morgan fingerprint density at radius 1 is 0.700 bits per heavy atom. The molecule has 4 aromatic carbocycles. The van der Waals surface area contributed by atoms with Crippen LogP contribution in [-0.4, -0.2) is 25.2 Å². The van der Waals surface area contributed by atoms with Crippen LogP contribution in [0.4, 0.5) is 8.78 Å². The van der Waals surface area contributed by atoms with Gasteiger partial charge in [-0.2, -0.15) is 10.5 Å². The van der Waals surface area contributed by atoms with Gasteiger partial charge in [-0.05, 0) is 123 Å². The third kappa shape index (κ3) is 9.40. The van der Waals surface area contributed by atoms with Gasteiger partial charge >= 0.3 is 11.9 Å². The van der Waals surface area contributed by atoms with Crippen LogP contribution in [0.15, 0.2) is 60.7 Å². The number of rotatable bonds is 10. The van der Waals surface area contributed by atoms with Crippen molar-refractivity contribution in [2.45, 2.75) is 73.3 Å². The van der Waals surface area contributed by atoms with E-state index in [2.05, 4.69) is 12.1 Å². The zero-order valence-electron chi connectivity index (χ0n) is 29.6. The second kappa shape index (κ2) is 17.9. The normalized spacial score (nSPS) is 11.7. The molecule has 0 spiro atoms. The molecule has 0 saturated carbocycles. The van der Waals surface area contributed by atoms with Gasteiger partial charge in [-0.25, -0.2) is 8.78 Å². The zero-order chi connectivity index (χ0) is 37.1. The van der Waals surface area contributed by atoms with Crippen molar-refractivity contribution in [1.29, 1.82) is 10.5 Å². The largest absolute Gasteiger partial charge is 0.466 e. The fraction of sp³-hybridized carbons (Fsp3) is 0.317. The topological polar surface area (TPSA) is 126 Å². The Kier molecular flexibility index (Phi) is 13.9. The molecule has 4 aromatic rings. The highest BCUT2D eigenvalue weighted by Crippen LogP contribution is 2.35. The van der Waals surface area contributed by atoms with Gasteiger partial charge < -0.3 is 15.2 Å². The molecule has 50 heavy (non-hydrogen) atoms. The number of nitrogens with zero attached hydrogens (tertiary/aromatic N) is 2. The van der Waals surface area contributed by atoms with Crippen LogP contribution in [0.3, 0.4) is 0 Å². The molecular formula is C41H43F2N3O4. The zero-order valence-corrected chi connectivity index (χ0v) is 29.6. The summed E-state index contributed by atoms with van der Waals surface area (Å²) in [5.41, 5.74) is 13.6. The number of carbonyl (C=O) groups is 2. The first-order valence-corrected chi connectivity index (χ1v) is 16.4. The minimum Gasteiger partial charge on any atom is -0.466 e. The first-order chi connectivity index (χ1) is 23.8. The van der Waals surface area contributed by atoms with E-state index in [1.165, 1.54) is 0 Å². The van der Waals surface area contributed by atoms with Crippen LogP contribution in [0.1, 0.15) is 90.1 Å². The van der Waals surface area contributed by atoms with Crippen molar-refractivity contribution in [1.82, 2.24) is 0 Å². The second-order valence-corrected chi connectivity index (χ2v) is 12.1. The first kappa shape index (κ1) is 39.1. The Morgan fingerprint density at radius 2 is 1.12 bits per heavy atom. The van der Waals surface area contributed by atoms with E-state index < -0.39 is 17.8 Å². The lowest BCUT2D eigenvalue weighted by atomic mass is 9.88. The molecule has 0 bridgehead atoms. The standard InChI is InChI=1S/C21H22FNO2.C20H21FN2O2/c1-5-25-19(24)10-14(3)18-11-17(9-15(4)21(18)22)20-13(2)7-6-8-16(20)12-23;1-4-25-18(24)10-17(23)16-9-15(8-13(3)20(16)21)19-12(2)6-5-7-14(19)11-22/h6-9,11,14H,5,10H2,1-4H3;5-9,17H,4,10,23H2,1-3H3/t14-;17-/m00/s1. The van der Waals surface area contributed by atoms with E-state index in [0.717, 1.165) is 27.8 Å². The summed E-state index contributed by atoms with van der Waals surface area (Å²) in [6.45, 7) is 13.0. The Morgan fingerprint density at radius 3 is 1.56 bits per heavy atom. The summed E-state index contributed by atoms with van der Waals surface area (Å²) in [7, 11) is 0. The molecule has 0 unspecified atom stereocenters. The molecule has 0 aliphatic heterocycles. The average molecular weight is 680 g/mol. The molecule has 0 amide bonds. The van der Waals surface area contributed by atoms with Crippen molar-refractivity contribution in [3.63, 3.8) is 0 Å². The van der Waals surface area contributed by atoms with Crippen LogP contribution in [-0.2, 0) is 19.1 Å². The predicted molar refractivity (Wildman–Crippen MR) is 190 cm³/mol. The van der Waals surface area contributed by atoms with Crippen molar-refractivity contribution < 1.29 is 27.8 Å². The summed E-state index contributed by atoms with van der Waals surface area (Å²) in [5.74, 6) is -1.87. The third-order valence-electron chi connectivity index (χ3n) is 8.33. The highest BCUT2D eigenvalue weighted by molar-refractivity contribution is 5.77. The fourth-order valence-electron chi connectivity index (χ4n) is 5.89. The number of nitriles is 2. The van der Waals surface area contributed by atoms with Crippen molar-refractivity contribution in [3.05, 3.63) is 117 Å². The van der Waals surface area contributed by atoms with Crippen LogP contribution in [0.25, 0.3) is 22.3 Å². The van der Waals surface area contributed by atoms with Crippen molar-refractivity contribution in [2.75, 3.05) is 13.2 Å². The number of ether oxygens (including phenoxy) is 2. The number of nitrogens with two attached hydrogens (primary N) is 1. The number of esters is 2. The Labute approximate surface area is 293 Å². The molecule has 7 nitrogen and oxygen atoms in total. The Balaban J connectivity index is 0.000000270. The molecule has 0 heterocycles. The van der Waals surface area contributed by atoms with Gasteiger partial charge in [-0.3, -0.25) is 9.59 Å². The first-order valence-electron chi connectivity index (χ1n) is 16.4. The maximum Gasteiger partial charge on any atom is 0.307 e. The third-order valence-corrected chi connectivity index (χ3v) is 8.33. The molecule has 4 rings (SSSR count). The molecule has 0 aliphatic rings. The molecule has 0 saturated heterocycles. The smallest absolute Gasteiger partial charge is 0.307 e. The maximum atomic E-state index is 14.6. The molecule has 0 radical (unpaired) electrons. The summed E-state index contributed by atoms with van der Waals surface area (Å²) < 4.78 is 39.1. The highest BCUT2D eigenvalue weighted by atomic mass is 19.1. The molecule has 0 aliphatic carbocycles. The molecule has 2 N–H and O–H groups in total. The summed E-state index contributed by atoms with van der Waals surface area (Å²) in [4.78, 5) is 23.4. The number of benzene rings is 4. The van der Waals surface area contributed by atoms with Gasteiger partial charge in [0.1, 0.15) is 11.6 Å². The molecule has 0 aromatic heterocycles. The van der Waals surface area contributed by atoms with Gasteiger partial charge in [-0.1, -0.05) is 31.2 Å². The molecule has 0 fully saturated rings. The SMILES string of the molecule is CCOC(=O)C[C@H](C)c1cc(-c2c(C)cccc2C#N)cc(C)c1F.CCOC(=O)C[C@H](N)c1cc(-c2c(C)cccc2C#N)cc(C)c1F. The summed E-state index contributed by atoms with van der Waals surface area (Å²) >= 11 is 0. The Bertz CT molecular complexity index is 1820. The molecule has 260 valence electrons. The van der Waals surface area contributed by atoms with E-state index in [0.29, 0.717) is 40.0 Å². The van der Waals surface area contributed by atoms with Gasteiger partial charge in [0.05, 0.1) is 49.3 Å². The van der Waals surface area contributed by atoms with E-state index in [1.54, 1.807) is 70.2 Å². The number of aryl methyl sites for hydroxylation is 4. The maximum absolute atomic E-state index is 14.6. The van der Waals surface area contributed by atoms with Crippen molar-refractivity contribution in [3.8, 4) is 34.4 Å². The van der Waals surface area contributed by atoms with Crippen molar-refractivity contribution in [2.24, 2.45) is 5.73 Å². The summed E-state index contributed by atoms with van der Waals surface area (Å²) in [6, 6.07) is 21.3. The van der Waals surface area contributed by atoms with E-state index in [1.807, 2.05) is 39.0 Å². The monoisotopic (exact) mass is 679 g/mol. The van der Waals surface area contributed by atoms with Crippen molar-refractivity contribution >= 4 is 11.9 Å². The average Bonchev–Trinajstić information content (AvgIpc) is 3.07. The molecule has 9 heteroatoms. The second-order valence-electron chi connectivity index (χ2n) is 12.1. The van der Waals surface area contributed by atoms with Gasteiger partial charge in [0.15, 0.2) is 0 Å². The van der Waals surface area contributed by atoms with Gasteiger partial charge in [0, 0.05) is 22.7 Å². The van der Waals surface area contributed by atoms with Gasteiger partial charge in [-0.15, -0.1) is 0 Å². The number of hydrogen-bond donors (Lipinski definition) is 1. The van der Waals surface area contributed by atoms with E-state index in [4.69, 9.17) is 15.2 Å². The van der Waals surface area contributed by atoms with Crippen LogP contribution >= 0.6 is 0 Å². The summed E-state index contributed by atoms with van der Waals surface area (Å²) in [6.07, 6.45) is 0.0130. The minimum atomic E-state index is -0.813. The van der Waals surface area contributed by atoms with Crippen LogP contribution in [0, 0.1) is 62.0 Å². The van der Waals surface area contributed by atoms with E-state index in [-0.39, 0.29) is 42.7 Å². The number of carbonyl (C=O) groups excluding carboxylic acids is 2. The van der Waals surface area contributed by atoms with Crippen LogP contribution in [0.2, 0.25) is 0 Å².